The van der Waals surface area contributed by atoms with Crippen LogP contribution < -0.4 is 61.9 Å². The van der Waals surface area contributed by atoms with Gasteiger partial charge in [0.1, 0.15) is 0 Å². The quantitative estimate of drug-likeness (QED) is 0.0983. The molecule has 3 rings (SSSR count). The number of hydrazone groups is 1. The molecule has 0 unspecified atom stereocenters. The smallest absolute Gasteiger partial charge is 0.860 e. The van der Waals surface area contributed by atoms with E-state index in [1.54, 1.807) is 0 Å². The van der Waals surface area contributed by atoms with Gasteiger partial charge in [0.2, 0.25) is 0 Å². The van der Waals surface area contributed by atoms with E-state index in [1.807, 2.05) is 60.7 Å². The number of rotatable bonds is 6. The Labute approximate surface area is 215 Å². The standard InChI is InChI=1S/C18H16N4OS3.K/c23-14(21-22-18(24)25)11-26-17-19-15(12-7-3-1-4-8-12)16(20-17)13-9-5-2-6-10-13;/h1-10H,11H2,(H,19,20)(H,21,23)(H2,22,24,25);/q;+1/p-1. The molecule has 132 valence electrons. The van der Waals surface area contributed by atoms with Crippen molar-refractivity contribution in [1.82, 2.24) is 15.4 Å². The van der Waals surface area contributed by atoms with Crippen molar-refractivity contribution >= 4 is 46.8 Å². The summed E-state index contributed by atoms with van der Waals surface area (Å²) in [6, 6.07) is 19.9. The second-order valence-corrected chi connectivity index (χ2v) is 7.33. The van der Waals surface area contributed by atoms with Crippen molar-refractivity contribution in [3.63, 3.8) is 0 Å². The van der Waals surface area contributed by atoms with Crippen LogP contribution in [0.5, 0.6) is 0 Å². The van der Waals surface area contributed by atoms with Gasteiger partial charge in [-0.3, -0.25) is 5.43 Å². The number of hydrogen-bond acceptors (Lipinski definition) is 5. The van der Waals surface area contributed by atoms with Crippen molar-refractivity contribution in [1.29, 1.82) is 0 Å². The van der Waals surface area contributed by atoms with Gasteiger partial charge in [-0.1, -0.05) is 84.6 Å². The molecule has 0 spiro atoms. The zero-order valence-corrected chi connectivity index (χ0v) is 20.2. The van der Waals surface area contributed by atoms with E-state index in [0.29, 0.717) is 5.16 Å². The van der Waals surface area contributed by atoms with E-state index in [9.17, 15) is 5.11 Å². The van der Waals surface area contributed by atoms with Crippen molar-refractivity contribution in [3.8, 4) is 22.5 Å². The Bertz CT molecular complexity index is 860. The maximum absolute atomic E-state index is 11.8. The maximum atomic E-state index is 11.8. The zero-order chi connectivity index (χ0) is 18.4. The minimum absolute atomic E-state index is 0. The Hall–Kier alpha value is -0.654. The van der Waals surface area contributed by atoms with E-state index in [2.05, 4.69) is 33.1 Å². The Kier molecular flexibility index (Phi) is 9.53. The summed E-state index contributed by atoms with van der Waals surface area (Å²) < 4.78 is 0.152. The molecule has 0 radical (unpaired) electrons. The predicted octanol–water partition coefficient (Wildman–Crippen LogP) is 0.318. The van der Waals surface area contributed by atoms with Gasteiger partial charge in [0.15, 0.2) is 9.48 Å². The van der Waals surface area contributed by atoms with E-state index in [-0.39, 0.29) is 67.4 Å². The number of thiol groups is 1. The summed E-state index contributed by atoms with van der Waals surface area (Å²) in [5.74, 6) is -0.204. The molecule has 0 saturated carbocycles. The third-order valence-electron chi connectivity index (χ3n) is 3.40. The molecule has 0 atom stereocenters. The second kappa shape index (κ2) is 11.4. The van der Waals surface area contributed by atoms with E-state index < -0.39 is 0 Å². The molecule has 2 aromatic carbocycles. The van der Waals surface area contributed by atoms with Crippen molar-refractivity contribution in [2.75, 3.05) is 5.75 Å². The van der Waals surface area contributed by atoms with Crippen LogP contribution in [-0.2, 0) is 0 Å². The first-order valence-electron chi connectivity index (χ1n) is 7.69. The molecule has 0 fully saturated rings. The van der Waals surface area contributed by atoms with Gasteiger partial charge in [-0.25, -0.2) is 4.98 Å². The van der Waals surface area contributed by atoms with Crippen molar-refractivity contribution in [3.05, 3.63) is 60.7 Å². The summed E-state index contributed by atoms with van der Waals surface area (Å²) in [5.41, 5.74) is 6.18. The zero-order valence-electron chi connectivity index (χ0n) is 14.5. The number of nitrogens with zero attached hydrogens (tertiary/aromatic N) is 2. The summed E-state index contributed by atoms with van der Waals surface area (Å²) in [4.78, 5) is 7.99. The molecule has 1 heterocycles. The van der Waals surface area contributed by atoms with Crippen LogP contribution in [0.25, 0.3) is 22.5 Å². The molecule has 0 aliphatic rings. The van der Waals surface area contributed by atoms with Crippen LogP contribution in [0, 0.1) is 0 Å². The van der Waals surface area contributed by atoms with Crippen LogP contribution in [0.15, 0.2) is 70.9 Å². The largest absolute Gasteiger partial charge is 1.00 e. The Morgan fingerprint density at radius 3 is 2.30 bits per heavy atom. The molecule has 5 nitrogen and oxygen atoms in total. The van der Waals surface area contributed by atoms with E-state index in [1.165, 1.54) is 11.8 Å². The average Bonchev–Trinajstić information content (AvgIpc) is 3.10. The third-order valence-corrected chi connectivity index (χ3v) is 4.45. The predicted molar refractivity (Wildman–Crippen MR) is 112 cm³/mol. The topological polar surface area (TPSA) is 76.1 Å². The number of hydrogen-bond donors (Lipinski definition) is 3. The van der Waals surface area contributed by atoms with Crippen LogP contribution in [0.3, 0.4) is 0 Å². The summed E-state index contributed by atoms with van der Waals surface area (Å²) in [6.45, 7) is 0. The van der Waals surface area contributed by atoms with Crippen LogP contribution in [0.4, 0.5) is 0 Å². The first kappa shape index (κ1) is 22.6. The molecule has 0 aliphatic carbocycles. The molecule has 1 aromatic heterocycles. The van der Waals surface area contributed by atoms with Gasteiger partial charge in [-0.05, 0) is 5.90 Å². The summed E-state index contributed by atoms with van der Waals surface area (Å²) in [7, 11) is 0. The van der Waals surface area contributed by atoms with Crippen LogP contribution in [-0.4, -0.2) is 25.9 Å². The number of aromatic nitrogens is 2. The number of aromatic amines is 1. The molecule has 3 aromatic rings. The number of imidazole rings is 1. The minimum atomic E-state index is -0.342. The third kappa shape index (κ3) is 6.72. The van der Waals surface area contributed by atoms with Crippen molar-refractivity contribution < 1.29 is 56.5 Å². The van der Waals surface area contributed by atoms with Crippen LogP contribution in [0.1, 0.15) is 0 Å². The Balaban J connectivity index is 0.00000261. The number of thioether (sulfide) groups is 1. The number of benzene rings is 2. The number of H-pyrrole nitrogens is 1. The van der Waals surface area contributed by atoms with Crippen LogP contribution in [0.2, 0.25) is 0 Å². The molecule has 0 amide bonds. The molecule has 27 heavy (non-hydrogen) atoms. The molecular formula is C18H15KN4OS3. The summed E-state index contributed by atoms with van der Waals surface area (Å²) >= 11 is 9.85. The monoisotopic (exact) mass is 438 g/mol. The van der Waals surface area contributed by atoms with Gasteiger partial charge in [0.25, 0.3) is 0 Å². The average molecular weight is 439 g/mol. The maximum Gasteiger partial charge on any atom is 1.00 e. The van der Waals surface area contributed by atoms with Gasteiger partial charge in [0, 0.05) is 16.9 Å². The van der Waals surface area contributed by atoms with Crippen molar-refractivity contribution in [2.45, 2.75) is 5.16 Å². The van der Waals surface area contributed by atoms with Gasteiger partial charge in [-0.15, -0.1) is 12.6 Å². The summed E-state index contributed by atoms with van der Waals surface area (Å²) in [5, 5.41) is 16.0. The first-order valence-corrected chi connectivity index (χ1v) is 9.54. The van der Waals surface area contributed by atoms with Gasteiger partial charge in [0.05, 0.1) is 11.4 Å². The Morgan fingerprint density at radius 2 is 1.70 bits per heavy atom. The van der Waals surface area contributed by atoms with Crippen LogP contribution >= 0.6 is 36.6 Å². The minimum Gasteiger partial charge on any atom is -0.860 e. The van der Waals surface area contributed by atoms with E-state index >= 15 is 0 Å². The molecule has 0 aliphatic heterocycles. The second-order valence-electron chi connectivity index (χ2n) is 5.21. The number of thiocarbonyl (C=S) groups is 1. The summed E-state index contributed by atoms with van der Waals surface area (Å²) in [6.07, 6.45) is 0. The fourth-order valence-electron chi connectivity index (χ4n) is 2.31. The van der Waals surface area contributed by atoms with Gasteiger partial charge >= 0.3 is 51.4 Å². The molecule has 2 N–H and O–H groups in total. The molecule has 0 bridgehead atoms. The fraction of sp³-hybridized carbons (Fsp3) is 0.0556. The normalized spacial score (nSPS) is 10.9. The fourth-order valence-corrected chi connectivity index (χ4v) is 3.06. The molecule has 9 heteroatoms. The van der Waals surface area contributed by atoms with E-state index in [4.69, 9.17) is 12.2 Å². The van der Waals surface area contributed by atoms with Gasteiger partial charge in [-0.2, -0.15) is 5.10 Å². The SMILES string of the molecule is [K+].[O-]C(CSc1nc(-c2ccccc2)c(-c2ccccc2)[nH]1)=NNC(=S)S. The first-order chi connectivity index (χ1) is 12.6. The Morgan fingerprint density at radius 1 is 1.11 bits per heavy atom. The van der Waals surface area contributed by atoms with Crippen molar-refractivity contribution in [2.24, 2.45) is 5.10 Å². The molecular weight excluding hydrogens is 424 g/mol. The van der Waals surface area contributed by atoms with E-state index in [0.717, 1.165) is 22.5 Å². The van der Waals surface area contributed by atoms with Gasteiger partial charge < -0.3 is 10.1 Å². The molecule has 0 saturated heterocycles. The number of nitrogens with one attached hydrogen (secondary N) is 2.